The number of hydrogen-bond acceptors (Lipinski definition) is 10. The summed E-state index contributed by atoms with van der Waals surface area (Å²) in [6.45, 7) is 5.94. The number of benzene rings is 1. The van der Waals surface area contributed by atoms with E-state index < -0.39 is 11.8 Å². The number of ether oxygens (including phenoxy) is 7. The summed E-state index contributed by atoms with van der Waals surface area (Å²) in [5.74, 6) is -1.56. The molecule has 1 rings (SSSR count). The molecule has 2 N–H and O–H groups in total. The lowest BCUT2D eigenvalue weighted by Crippen LogP contribution is -2.20. The highest BCUT2D eigenvalue weighted by Crippen LogP contribution is 2.01. The van der Waals surface area contributed by atoms with Crippen LogP contribution in [0.2, 0.25) is 0 Å². The highest BCUT2D eigenvalue weighted by Gasteiger charge is 2.16. The Hall–Kier alpha value is -1.92. The van der Waals surface area contributed by atoms with Crippen LogP contribution in [0.3, 0.4) is 0 Å². The van der Waals surface area contributed by atoms with Crippen molar-refractivity contribution in [1.82, 2.24) is 0 Å². The largest absolute Gasteiger partial charge is 0.457 e. The molecule has 182 valence electrons. The molecule has 32 heavy (non-hydrogen) atoms. The quantitative estimate of drug-likeness (QED) is 0.114. The average molecular weight is 458 g/mol. The minimum Gasteiger partial charge on any atom is -0.457 e. The molecule has 0 amide bonds. The number of nitrogens with two attached hydrogens (primary N) is 1. The van der Waals surface area contributed by atoms with Crippen LogP contribution in [-0.2, 0) is 38.0 Å². The van der Waals surface area contributed by atoms with Crippen molar-refractivity contribution in [3.63, 3.8) is 0 Å². The van der Waals surface area contributed by atoms with Crippen LogP contribution in [0.5, 0.6) is 0 Å². The molecule has 0 saturated carbocycles. The molecule has 0 heterocycles. The van der Waals surface area contributed by atoms with Gasteiger partial charge in [-0.1, -0.05) is 30.3 Å². The molecule has 0 fully saturated rings. The van der Waals surface area contributed by atoms with Gasteiger partial charge in [0.2, 0.25) is 0 Å². The molecule has 0 aliphatic rings. The Morgan fingerprint density at radius 3 is 1.34 bits per heavy atom. The SMILES string of the molecule is NCCOCCOCCOCCOCCOCCOCCOC(=O)C(=O)c1ccccc1. The van der Waals surface area contributed by atoms with Gasteiger partial charge in [-0.3, -0.25) is 4.79 Å². The third kappa shape index (κ3) is 15.8. The van der Waals surface area contributed by atoms with Gasteiger partial charge in [0.25, 0.3) is 5.78 Å². The van der Waals surface area contributed by atoms with Gasteiger partial charge < -0.3 is 38.9 Å². The summed E-state index contributed by atoms with van der Waals surface area (Å²) in [5.41, 5.74) is 5.60. The number of carbonyl (C=O) groups is 2. The third-order valence-electron chi connectivity index (χ3n) is 3.80. The normalized spacial score (nSPS) is 10.9. The van der Waals surface area contributed by atoms with Crippen LogP contribution >= 0.6 is 0 Å². The van der Waals surface area contributed by atoms with Crippen LogP contribution in [0.4, 0.5) is 0 Å². The number of carbonyl (C=O) groups excluding carboxylic acids is 2. The van der Waals surface area contributed by atoms with Gasteiger partial charge in [0.15, 0.2) is 0 Å². The fraction of sp³-hybridized carbons (Fsp3) is 0.636. The van der Waals surface area contributed by atoms with Crippen molar-refractivity contribution in [2.24, 2.45) is 5.73 Å². The number of hydrogen-bond donors (Lipinski definition) is 1. The van der Waals surface area contributed by atoms with Gasteiger partial charge in [0.1, 0.15) is 6.61 Å². The lowest BCUT2D eigenvalue weighted by molar-refractivity contribution is -0.139. The van der Waals surface area contributed by atoms with E-state index in [0.29, 0.717) is 84.8 Å². The molecular weight excluding hydrogens is 422 g/mol. The minimum atomic E-state index is -0.891. The van der Waals surface area contributed by atoms with Gasteiger partial charge in [-0.25, -0.2) is 4.79 Å². The second-order valence-corrected chi connectivity index (χ2v) is 6.29. The molecule has 0 aliphatic carbocycles. The molecule has 0 unspecified atom stereocenters. The van der Waals surface area contributed by atoms with E-state index in [-0.39, 0.29) is 13.2 Å². The topological polar surface area (TPSA) is 125 Å². The Morgan fingerprint density at radius 1 is 0.562 bits per heavy atom. The Balaban J connectivity index is 1.77. The third-order valence-corrected chi connectivity index (χ3v) is 3.80. The molecule has 0 saturated heterocycles. The van der Waals surface area contributed by atoms with E-state index in [2.05, 4.69) is 0 Å². The van der Waals surface area contributed by atoms with Gasteiger partial charge in [-0.15, -0.1) is 0 Å². The zero-order chi connectivity index (χ0) is 23.1. The van der Waals surface area contributed by atoms with Crippen LogP contribution in [0.15, 0.2) is 30.3 Å². The zero-order valence-electron chi connectivity index (χ0n) is 18.5. The smallest absolute Gasteiger partial charge is 0.379 e. The number of esters is 1. The minimum absolute atomic E-state index is 0.00756. The van der Waals surface area contributed by atoms with Crippen LogP contribution < -0.4 is 5.73 Å². The lowest BCUT2D eigenvalue weighted by atomic mass is 10.1. The van der Waals surface area contributed by atoms with Crippen LogP contribution in [0.1, 0.15) is 10.4 Å². The monoisotopic (exact) mass is 457 g/mol. The fourth-order valence-corrected chi connectivity index (χ4v) is 2.25. The van der Waals surface area contributed by atoms with E-state index in [0.717, 1.165) is 0 Å². The van der Waals surface area contributed by atoms with Gasteiger partial charge in [0, 0.05) is 12.1 Å². The Labute approximate surface area is 189 Å². The van der Waals surface area contributed by atoms with Crippen molar-refractivity contribution < 1.29 is 42.7 Å². The summed E-state index contributed by atoms with van der Waals surface area (Å²) in [6.07, 6.45) is 0. The molecule has 10 heteroatoms. The lowest BCUT2D eigenvalue weighted by Gasteiger charge is -2.08. The summed E-state index contributed by atoms with van der Waals surface area (Å²) in [5, 5.41) is 0. The molecule has 0 aliphatic heterocycles. The van der Waals surface area contributed by atoms with Crippen LogP contribution in [-0.4, -0.2) is 104 Å². The van der Waals surface area contributed by atoms with Crippen molar-refractivity contribution in [3.8, 4) is 0 Å². The van der Waals surface area contributed by atoms with Crippen molar-refractivity contribution in [3.05, 3.63) is 35.9 Å². The first-order chi connectivity index (χ1) is 15.8. The second kappa shape index (κ2) is 21.0. The van der Waals surface area contributed by atoms with E-state index in [4.69, 9.17) is 38.9 Å². The number of ketones is 1. The predicted molar refractivity (Wildman–Crippen MR) is 116 cm³/mol. The molecule has 0 radical (unpaired) electrons. The van der Waals surface area contributed by atoms with Gasteiger partial charge in [-0.05, 0) is 0 Å². The Kier molecular flexibility index (Phi) is 18.4. The molecule has 0 bridgehead atoms. The maximum Gasteiger partial charge on any atom is 0.379 e. The summed E-state index contributed by atoms with van der Waals surface area (Å²) < 4.78 is 36.8. The van der Waals surface area contributed by atoms with Gasteiger partial charge in [0.05, 0.1) is 79.3 Å². The van der Waals surface area contributed by atoms with Crippen molar-refractivity contribution in [2.45, 2.75) is 0 Å². The van der Waals surface area contributed by atoms with Crippen LogP contribution in [0.25, 0.3) is 0 Å². The first kappa shape index (κ1) is 28.1. The number of Topliss-reactive ketones (excluding diaryl/α,β-unsaturated/α-hetero) is 1. The maximum atomic E-state index is 11.8. The summed E-state index contributed by atoms with van der Waals surface area (Å²) in [6, 6.07) is 8.26. The first-order valence-electron chi connectivity index (χ1n) is 10.7. The highest BCUT2D eigenvalue weighted by molar-refractivity contribution is 6.40. The second-order valence-electron chi connectivity index (χ2n) is 6.29. The van der Waals surface area contributed by atoms with Crippen LogP contribution in [0, 0.1) is 0 Å². The Bertz CT molecular complexity index is 586. The van der Waals surface area contributed by atoms with E-state index in [9.17, 15) is 9.59 Å². The zero-order valence-corrected chi connectivity index (χ0v) is 18.5. The maximum absolute atomic E-state index is 11.8. The highest BCUT2D eigenvalue weighted by atomic mass is 16.6. The van der Waals surface area contributed by atoms with Crippen molar-refractivity contribution >= 4 is 11.8 Å². The standard InChI is InChI=1S/C22H35NO9/c23-6-7-26-8-9-27-10-11-28-12-13-29-14-15-30-16-17-31-18-19-32-22(25)21(24)20-4-2-1-3-5-20/h1-5H,6-19,23H2. The van der Waals surface area contributed by atoms with E-state index in [1.807, 2.05) is 0 Å². The van der Waals surface area contributed by atoms with E-state index in [1.165, 1.54) is 0 Å². The van der Waals surface area contributed by atoms with Gasteiger partial charge in [-0.2, -0.15) is 0 Å². The first-order valence-corrected chi connectivity index (χ1v) is 10.7. The molecule has 0 atom stereocenters. The number of rotatable bonds is 22. The molecule has 1 aromatic rings. The summed E-state index contributed by atoms with van der Waals surface area (Å²) in [7, 11) is 0. The van der Waals surface area contributed by atoms with Crippen molar-refractivity contribution in [2.75, 3.05) is 92.4 Å². The summed E-state index contributed by atoms with van der Waals surface area (Å²) in [4.78, 5) is 23.5. The molecule has 1 aromatic carbocycles. The summed E-state index contributed by atoms with van der Waals surface area (Å²) >= 11 is 0. The van der Waals surface area contributed by atoms with E-state index >= 15 is 0 Å². The Morgan fingerprint density at radius 2 is 0.938 bits per heavy atom. The van der Waals surface area contributed by atoms with Gasteiger partial charge >= 0.3 is 5.97 Å². The average Bonchev–Trinajstić information content (AvgIpc) is 2.82. The molecular formula is C22H35NO9. The molecule has 10 nitrogen and oxygen atoms in total. The molecule has 0 aromatic heterocycles. The fourth-order valence-electron chi connectivity index (χ4n) is 2.25. The van der Waals surface area contributed by atoms with Crippen molar-refractivity contribution in [1.29, 1.82) is 0 Å². The molecule has 0 spiro atoms. The van der Waals surface area contributed by atoms with E-state index in [1.54, 1.807) is 30.3 Å². The predicted octanol–water partition coefficient (Wildman–Crippen LogP) is 0.471.